The number of Topliss-reactive ketones (excluding diaryl/α,β-unsaturated/α-hetero) is 1. The molecule has 3 aliphatic heterocycles. The van der Waals surface area contributed by atoms with Crippen molar-refractivity contribution in [3.63, 3.8) is 0 Å². The molecule has 0 radical (unpaired) electrons. The van der Waals surface area contributed by atoms with Gasteiger partial charge in [0.15, 0.2) is 11.5 Å². The van der Waals surface area contributed by atoms with E-state index in [1.165, 1.54) is 24.3 Å². The number of ketones is 1. The van der Waals surface area contributed by atoms with Gasteiger partial charge < -0.3 is 10.0 Å². The number of piperazine rings is 1. The highest BCUT2D eigenvalue weighted by molar-refractivity contribution is 6.06. The van der Waals surface area contributed by atoms with E-state index in [2.05, 4.69) is 5.43 Å². The van der Waals surface area contributed by atoms with Gasteiger partial charge in [0, 0.05) is 12.5 Å². The fourth-order valence-electron chi connectivity index (χ4n) is 5.32. The van der Waals surface area contributed by atoms with Crippen LogP contribution in [0.1, 0.15) is 35.4 Å². The number of carbonyl (C=O) groups excluding carboxylic acids is 2. The van der Waals surface area contributed by atoms with Crippen LogP contribution in [0.3, 0.4) is 0 Å². The van der Waals surface area contributed by atoms with Gasteiger partial charge in [-0.15, -0.1) is 0 Å². The molecule has 2 aromatic rings. The summed E-state index contributed by atoms with van der Waals surface area (Å²) in [6, 6.07) is 10.1. The molecular formula is C24H23F2N3O3. The average Bonchev–Trinajstić information content (AvgIpc) is 3.25. The summed E-state index contributed by atoms with van der Waals surface area (Å²) in [4.78, 5) is 27.1. The number of rotatable bonds is 3. The van der Waals surface area contributed by atoms with Crippen molar-refractivity contribution in [1.82, 2.24) is 15.3 Å². The van der Waals surface area contributed by atoms with Gasteiger partial charge in [-0.25, -0.2) is 14.2 Å². The number of aryl methyl sites for hydroxylation is 1. The first-order chi connectivity index (χ1) is 15.4. The Morgan fingerprint density at radius 3 is 2.53 bits per heavy atom. The Bertz CT molecular complexity index is 1130. The summed E-state index contributed by atoms with van der Waals surface area (Å²) in [5.41, 5.74) is 5.32. The van der Waals surface area contributed by atoms with Crippen molar-refractivity contribution in [3.05, 3.63) is 82.2 Å². The van der Waals surface area contributed by atoms with Crippen molar-refractivity contribution in [2.24, 2.45) is 0 Å². The maximum absolute atomic E-state index is 13.9. The standard InChI is InChI=1S/C24H23F2N3O3/c1-13-11-16(26)8-9-17(13)20(14-4-6-15(25)7-5-14)21-18-3-2-10-28(18)24(32)22-23(31)19(30)12-27-29(21)22/h4-9,11,18,20-21,27,31H,2-3,10,12H2,1H3/t18-,20-,21-/m1/s1. The molecule has 8 heteroatoms. The number of nitrogens with zero attached hydrogens (tertiary/aromatic N) is 2. The van der Waals surface area contributed by atoms with Gasteiger partial charge in [0.25, 0.3) is 5.91 Å². The Morgan fingerprint density at radius 1 is 1.09 bits per heavy atom. The van der Waals surface area contributed by atoms with E-state index in [4.69, 9.17) is 0 Å². The van der Waals surface area contributed by atoms with Gasteiger partial charge in [-0.05, 0) is 60.7 Å². The van der Waals surface area contributed by atoms with Crippen LogP contribution in [0.5, 0.6) is 0 Å². The number of fused-ring (bicyclic) bond motifs is 2. The summed E-state index contributed by atoms with van der Waals surface area (Å²) in [6.07, 6.45) is 1.54. The third-order valence-electron chi connectivity index (χ3n) is 6.73. The van der Waals surface area contributed by atoms with Gasteiger partial charge in [-0.2, -0.15) is 0 Å². The van der Waals surface area contributed by atoms with Crippen LogP contribution in [0.2, 0.25) is 0 Å². The number of hydrogen-bond donors (Lipinski definition) is 2. The summed E-state index contributed by atoms with van der Waals surface area (Å²) in [5, 5.41) is 12.1. The first-order valence-corrected chi connectivity index (χ1v) is 10.7. The molecule has 2 N–H and O–H groups in total. The molecule has 0 bridgehead atoms. The van der Waals surface area contributed by atoms with Gasteiger partial charge in [0.05, 0.1) is 18.6 Å². The summed E-state index contributed by atoms with van der Waals surface area (Å²) in [5.74, 6) is -2.57. The second-order valence-electron chi connectivity index (χ2n) is 8.55. The molecule has 0 unspecified atom stereocenters. The second-order valence-corrected chi connectivity index (χ2v) is 8.55. The van der Waals surface area contributed by atoms with Crippen molar-refractivity contribution < 1.29 is 23.5 Å². The third-order valence-corrected chi connectivity index (χ3v) is 6.73. The Hall–Kier alpha value is -3.26. The second kappa shape index (κ2) is 7.70. The summed E-state index contributed by atoms with van der Waals surface area (Å²) < 4.78 is 27.7. The van der Waals surface area contributed by atoms with Crippen LogP contribution in [0.15, 0.2) is 53.9 Å². The van der Waals surface area contributed by atoms with Crippen molar-refractivity contribution in [2.75, 3.05) is 13.1 Å². The minimum atomic E-state index is -0.544. The third kappa shape index (κ3) is 3.17. The predicted molar refractivity (Wildman–Crippen MR) is 112 cm³/mol. The normalized spacial score (nSPS) is 24.0. The molecule has 0 aromatic heterocycles. The van der Waals surface area contributed by atoms with E-state index >= 15 is 0 Å². The molecule has 6 nitrogen and oxygen atoms in total. The summed E-state index contributed by atoms with van der Waals surface area (Å²) in [7, 11) is 0. The molecule has 0 saturated carbocycles. The monoisotopic (exact) mass is 439 g/mol. The zero-order chi connectivity index (χ0) is 22.6. The topological polar surface area (TPSA) is 72.9 Å². The van der Waals surface area contributed by atoms with Gasteiger partial charge in [-0.3, -0.25) is 14.6 Å². The largest absolute Gasteiger partial charge is 0.503 e. The van der Waals surface area contributed by atoms with Crippen molar-refractivity contribution in [1.29, 1.82) is 0 Å². The van der Waals surface area contributed by atoms with Crippen LogP contribution in [-0.4, -0.2) is 51.9 Å². The maximum Gasteiger partial charge on any atom is 0.275 e. The first-order valence-electron chi connectivity index (χ1n) is 10.7. The highest BCUT2D eigenvalue weighted by Crippen LogP contribution is 2.43. The van der Waals surface area contributed by atoms with Gasteiger partial charge in [-0.1, -0.05) is 18.2 Å². The minimum absolute atomic E-state index is 0.0590. The number of halogens is 2. The maximum atomic E-state index is 13.9. The highest BCUT2D eigenvalue weighted by Gasteiger charge is 2.52. The molecule has 166 valence electrons. The zero-order valence-corrected chi connectivity index (χ0v) is 17.5. The Morgan fingerprint density at radius 2 is 1.81 bits per heavy atom. The van der Waals surface area contributed by atoms with E-state index in [0.717, 1.165) is 29.5 Å². The lowest BCUT2D eigenvalue weighted by Gasteiger charge is -2.50. The molecule has 2 saturated heterocycles. The number of aliphatic hydroxyl groups is 1. The molecule has 3 aliphatic rings. The summed E-state index contributed by atoms with van der Waals surface area (Å²) >= 11 is 0. The van der Waals surface area contributed by atoms with E-state index in [1.54, 1.807) is 28.1 Å². The van der Waals surface area contributed by atoms with Crippen molar-refractivity contribution in [2.45, 2.75) is 37.8 Å². The molecular weight excluding hydrogens is 416 g/mol. The number of hydrazine groups is 1. The van der Waals surface area contributed by atoms with Crippen LogP contribution in [0.4, 0.5) is 8.78 Å². The molecule has 0 aliphatic carbocycles. The number of nitrogens with one attached hydrogen (secondary N) is 1. The molecule has 3 atom stereocenters. The number of benzene rings is 2. The van der Waals surface area contributed by atoms with E-state index in [0.29, 0.717) is 6.54 Å². The number of aliphatic hydroxyl groups excluding tert-OH is 1. The van der Waals surface area contributed by atoms with E-state index in [1.807, 2.05) is 6.92 Å². The van der Waals surface area contributed by atoms with Crippen LogP contribution < -0.4 is 5.43 Å². The molecule has 1 amide bonds. The average molecular weight is 439 g/mol. The molecule has 2 aromatic carbocycles. The number of hydrogen-bond acceptors (Lipinski definition) is 5. The minimum Gasteiger partial charge on any atom is -0.503 e. The van der Waals surface area contributed by atoms with Gasteiger partial charge >= 0.3 is 0 Å². The Kier molecular flexibility index (Phi) is 4.97. The van der Waals surface area contributed by atoms with Gasteiger partial charge in [0.1, 0.15) is 11.6 Å². The summed E-state index contributed by atoms with van der Waals surface area (Å²) in [6.45, 7) is 2.21. The molecule has 32 heavy (non-hydrogen) atoms. The van der Waals surface area contributed by atoms with E-state index in [-0.39, 0.29) is 41.7 Å². The van der Waals surface area contributed by atoms with Gasteiger partial charge in [0.2, 0.25) is 5.78 Å². The van der Waals surface area contributed by atoms with Crippen LogP contribution in [0.25, 0.3) is 0 Å². The van der Waals surface area contributed by atoms with Crippen LogP contribution >= 0.6 is 0 Å². The van der Waals surface area contributed by atoms with Crippen LogP contribution in [0, 0.1) is 18.6 Å². The quantitative estimate of drug-likeness (QED) is 0.770. The Balaban J connectivity index is 1.73. The molecule has 3 heterocycles. The van der Waals surface area contributed by atoms with E-state index in [9.17, 15) is 23.5 Å². The van der Waals surface area contributed by atoms with Crippen molar-refractivity contribution in [3.8, 4) is 0 Å². The molecule has 5 rings (SSSR count). The fraction of sp³-hybridized carbons (Fsp3) is 0.333. The predicted octanol–water partition coefficient (Wildman–Crippen LogP) is 2.94. The Labute approximate surface area is 184 Å². The molecule has 0 spiro atoms. The van der Waals surface area contributed by atoms with Crippen LogP contribution in [-0.2, 0) is 9.59 Å². The number of amides is 1. The fourth-order valence-corrected chi connectivity index (χ4v) is 5.32. The number of carbonyl (C=O) groups is 2. The zero-order valence-electron chi connectivity index (χ0n) is 17.5. The lowest BCUT2D eigenvalue weighted by Crippen LogP contribution is -2.66. The van der Waals surface area contributed by atoms with Crippen molar-refractivity contribution >= 4 is 11.7 Å². The highest BCUT2D eigenvalue weighted by atomic mass is 19.1. The van der Waals surface area contributed by atoms with E-state index < -0.39 is 17.6 Å². The molecule has 2 fully saturated rings. The first kappa shape index (κ1) is 20.6. The smallest absolute Gasteiger partial charge is 0.275 e. The lowest BCUT2D eigenvalue weighted by molar-refractivity contribution is -0.141. The lowest BCUT2D eigenvalue weighted by atomic mass is 9.77. The SMILES string of the molecule is Cc1cc(F)ccc1[C@@H](c1ccc(F)cc1)[C@H]1[C@H]2CCCN2C(=O)C2=C(O)C(=O)CNN21.